The summed E-state index contributed by atoms with van der Waals surface area (Å²) in [6.07, 6.45) is 8.60. The Morgan fingerprint density at radius 1 is 1.33 bits per heavy atom. The van der Waals surface area contributed by atoms with Crippen LogP contribution < -0.4 is 5.32 Å². The fraction of sp³-hybridized carbons (Fsp3) is 0.571. The van der Waals surface area contributed by atoms with Gasteiger partial charge in [-0.25, -0.2) is 15.0 Å². The molecule has 2 heterocycles. The summed E-state index contributed by atoms with van der Waals surface area (Å²) in [4.78, 5) is 27.4. The fourth-order valence-electron chi connectivity index (χ4n) is 2.64. The van der Waals surface area contributed by atoms with E-state index in [-0.39, 0.29) is 11.8 Å². The first kappa shape index (κ1) is 14.3. The molecule has 0 atom stereocenters. The predicted molar refractivity (Wildman–Crippen MR) is 82.0 cm³/mol. The Bertz CT molecular complexity index is 608. The van der Waals surface area contributed by atoms with E-state index in [4.69, 9.17) is 0 Å². The van der Waals surface area contributed by atoms with Crippen LogP contribution in [-0.4, -0.2) is 38.1 Å². The Kier molecular flexibility index (Phi) is 4.69. The van der Waals surface area contributed by atoms with E-state index >= 15 is 0 Å². The molecule has 0 radical (unpaired) electrons. The second kappa shape index (κ2) is 6.89. The van der Waals surface area contributed by atoms with Gasteiger partial charge in [-0.2, -0.15) is 0 Å². The van der Waals surface area contributed by atoms with Gasteiger partial charge in [0.05, 0.1) is 6.33 Å². The van der Waals surface area contributed by atoms with Gasteiger partial charge in [-0.1, -0.05) is 12.8 Å². The van der Waals surface area contributed by atoms with E-state index < -0.39 is 0 Å². The quantitative estimate of drug-likeness (QED) is 0.485. The highest BCUT2D eigenvalue weighted by Gasteiger charge is 2.21. The first-order valence-electron chi connectivity index (χ1n) is 7.39. The molecule has 1 amide bonds. The van der Waals surface area contributed by atoms with Gasteiger partial charge >= 0.3 is 0 Å². The van der Waals surface area contributed by atoms with Crippen LogP contribution in [-0.2, 0) is 4.79 Å². The van der Waals surface area contributed by atoms with Crippen molar-refractivity contribution in [2.24, 2.45) is 5.92 Å². The first-order valence-corrected chi connectivity index (χ1v) is 8.38. The number of aromatic nitrogens is 4. The van der Waals surface area contributed by atoms with E-state index in [0.717, 1.165) is 42.1 Å². The maximum absolute atomic E-state index is 11.9. The number of amides is 1. The van der Waals surface area contributed by atoms with Crippen molar-refractivity contribution < 1.29 is 4.79 Å². The number of imidazole rings is 1. The molecule has 21 heavy (non-hydrogen) atoms. The third-order valence-corrected chi connectivity index (χ3v) is 4.85. The topological polar surface area (TPSA) is 83.6 Å². The van der Waals surface area contributed by atoms with E-state index in [2.05, 4.69) is 25.3 Å². The van der Waals surface area contributed by atoms with Gasteiger partial charge in [0.2, 0.25) is 5.91 Å². The Morgan fingerprint density at radius 3 is 3.05 bits per heavy atom. The number of hydrogen-bond acceptors (Lipinski definition) is 5. The van der Waals surface area contributed by atoms with Crippen molar-refractivity contribution in [3.63, 3.8) is 0 Å². The summed E-state index contributed by atoms with van der Waals surface area (Å²) in [6, 6.07) is 0. The van der Waals surface area contributed by atoms with Gasteiger partial charge in [-0.05, 0) is 19.3 Å². The maximum Gasteiger partial charge on any atom is 0.223 e. The Morgan fingerprint density at radius 2 is 2.19 bits per heavy atom. The maximum atomic E-state index is 11.9. The van der Waals surface area contributed by atoms with Crippen LogP contribution in [0.4, 0.5) is 0 Å². The molecule has 6 nitrogen and oxygen atoms in total. The standard InChI is InChI=1S/C14H19N5OS/c20-13(10-4-1-2-5-10)15-6-3-7-21-14-11-12(17-8-16-11)18-9-19-14/h8-10H,1-7H2,(H,15,20)(H,16,17,18,19). The summed E-state index contributed by atoms with van der Waals surface area (Å²) in [5, 5.41) is 3.95. The molecule has 0 aliphatic heterocycles. The van der Waals surface area contributed by atoms with E-state index in [1.807, 2.05) is 0 Å². The molecule has 2 N–H and O–H groups in total. The van der Waals surface area contributed by atoms with Gasteiger partial charge in [0.15, 0.2) is 5.65 Å². The molecule has 1 saturated carbocycles. The third-order valence-electron chi connectivity index (χ3n) is 3.77. The van der Waals surface area contributed by atoms with Crippen molar-refractivity contribution in [1.82, 2.24) is 25.3 Å². The second-order valence-electron chi connectivity index (χ2n) is 5.25. The molecule has 7 heteroatoms. The lowest BCUT2D eigenvalue weighted by atomic mass is 10.1. The van der Waals surface area contributed by atoms with Crippen LogP contribution in [0.15, 0.2) is 17.7 Å². The molecule has 1 aliphatic rings. The third kappa shape index (κ3) is 3.53. The zero-order valence-electron chi connectivity index (χ0n) is 11.8. The summed E-state index contributed by atoms with van der Waals surface area (Å²) in [5.41, 5.74) is 1.58. The van der Waals surface area contributed by atoms with Crippen molar-refractivity contribution in [3.05, 3.63) is 12.7 Å². The molecule has 0 spiro atoms. The van der Waals surface area contributed by atoms with Gasteiger partial charge in [-0.15, -0.1) is 11.8 Å². The lowest BCUT2D eigenvalue weighted by molar-refractivity contribution is -0.124. The largest absolute Gasteiger partial charge is 0.356 e. The van der Waals surface area contributed by atoms with Crippen molar-refractivity contribution in [2.45, 2.75) is 37.1 Å². The number of rotatable bonds is 6. The van der Waals surface area contributed by atoms with Crippen LogP contribution >= 0.6 is 11.8 Å². The van der Waals surface area contributed by atoms with E-state index in [9.17, 15) is 4.79 Å². The van der Waals surface area contributed by atoms with Crippen molar-refractivity contribution in [1.29, 1.82) is 0 Å². The molecular weight excluding hydrogens is 286 g/mol. The first-order chi connectivity index (χ1) is 10.3. The number of fused-ring (bicyclic) bond motifs is 1. The number of thioether (sulfide) groups is 1. The molecule has 1 fully saturated rings. The minimum absolute atomic E-state index is 0.232. The Balaban J connectivity index is 1.40. The second-order valence-corrected chi connectivity index (χ2v) is 6.34. The zero-order valence-corrected chi connectivity index (χ0v) is 12.7. The highest BCUT2D eigenvalue weighted by molar-refractivity contribution is 7.99. The van der Waals surface area contributed by atoms with Crippen LogP contribution in [0.5, 0.6) is 0 Å². The minimum Gasteiger partial charge on any atom is -0.356 e. The van der Waals surface area contributed by atoms with Crippen LogP contribution in [0.3, 0.4) is 0 Å². The summed E-state index contributed by atoms with van der Waals surface area (Å²) >= 11 is 1.66. The van der Waals surface area contributed by atoms with Crippen LogP contribution in [0.1, 0.15) is 32.1 Å². The van der Waals surface area contributed by atoms with Gasteiger partial charge in [0, 0.05) is 18.2 Å². The summed E-state index contributed by atoms with van der Waals surface area (Å²) in [7, 11) is 0. The van der Waals surface area contributed by atoms with Gasteiger partial charge in [0.1, 0.15) is 16.9 Å². The van der Waals surface area contributed by atoms with Gasteiger partial charge in [-0.3, -0.25) is 4.79 Å². The van der Waals surface area contributed by atoms with Gasteiger partial charge < -0.3 is 10.3 Å². The Labute approximate surface area is 127 Å². The lowest BCUT2D eigenvalue weighted by Crippen LogP contribution is -2.30. The van der Waals surface area contributed by atoms with Crippen molar-refractivity contribution in [2.75, 3.05) is 12.3 Å². The molecule has 0 aromatic carbocycles. The molecule has 0 unspecified atom stereocenters. The number of carbonyl (C=O) groups excluding carboxylic acids is 1. The van der Waals surface area contributed by atoms with E-state index in [0.29, 0.717) is 5.65 Å². The number of carbonyl (C=O) groups is 1. The molecule has 3 rings (SSSR count). The molecule has 0 bridgehead atoms. The summed E-state index contributed by atoms with van der Waals surface area (Å²) < 4.78 is 0. The monoisotopic (exact) mass is 305 g/mol. The zero-order chi connectivity index (χ0) is 14.5. The van der Waals surface area contributed by atoms with E-state index in [1.54, 1.807) is 18.1 Å². The van der Waals surface area contributed by atoms with Crippen LogP contribution in [0.25, 0.3) is 11.2 Å². The van der Waals surface area contributed by atoms with E-state index in [1.165, 1.54) is 19.2 Å². The number of hydrogen-bond donors (Lipinski definition) is 2. The van der Waals surface area contributed by atoms with Crippen molar-refractivity contribution >= 4 is 28.8 Å². The molecule has 1 aliphatic carbocycles. The molecular formula is C14H19N5OS. The minimum atomic E-state index is 0.232. The average molecular weight is 305 g/mol. The lowest BCUT2D eigenvalue weighted by Gasteiger charge is -2.09. The number of nitrogens with zero attached hydrogens (tertiary/aromatic N) is 3. The Hall–Kier alpha value is -1.63. The molecule has 0 saturated heterocycles. The molecule has 112 valence electrons. The fourth-order valence-corrected chi connectivity index (χ4v) is 3.54. The van der Waals surface area contributed by atoms with Crippen LogP contribution in [0.2, 0.25) is 0 Å². The normalized spacial score (nSPS) is 15.6. The highest BCUT2D eigenvalue weighted by Crippen LogP contribution is 2.25. The predicted octanol–water partition coefficient (Wildman–Crippen LogP) is 2.14. The molecule has 2 aromatic rings. The average Bonchev–Trinajstić information content (AvgIpc) is 3.18. The summed E-state index contributed by atoms with van der Waals surface area (Å²) in [5.74, 6) is 1.40. The van der Waals surface area contributed by atoms with Crippen LogP contribution in [0, 0.1) is 5.92 Å². The highest BCUT2D eigenvalue weighted by atomic mass is 32.2. The smallest absolute Gasteiger partial charge is 0.223 e. The summed E-state index contributed by atoms with van der Waals surface area (Å²) in [6.45, 7) is 0.736. The SMILES string of the molecule is O=C(NCCCSc1ncnc2nc[nH]c12)C1CCCC1. The molecule has 2 aromatic heterocycles. The number of aromatic amines is 1. The number of nitrogens with one attached hydrogen (secondary N) is 2. The number of H-pyrrole nitrogens is 1. The van der Waals surface area contributed by atoms with Crippen molar-refractivity contribution in [3.8, 4) is 0 Å². The van der Waals surface area contributed by atoms with Gasteiger partial charge in [0.25, 0.3) is 0 Å².